The summed E-state index contributed by atoms with van der Waals surface area (Å²) in [4.78, 5) is 12.0. The van der Waals surface area contributed by atoms with Gasteiger partial charge in [0, 0.05) is 34.8 Å². The molecule has 2 aromatic carbocycles. The lowest BCUT2D eigenvalue weighted by atomic mass is 10.1. The zero-order chi connectivity index (χ0) is 20.5. The van der Waals surface area contributed by atoms with E-state index in [4.69, 9.17) is 27.6 Å². The van der Waals surface area contributed by atoms with Crippen LogP contribution in [-0.2, 0) is 19.2 Å². The molecule has 0 aliphatic rings. The van der Waals surface area contributed by atoms with Crippen molar-refractivity contribution in [3.63, 3.8) is 0 Å². The molecule has 2 heterocycles. The lowest BCUT2D eigenvalue weighted by molar-refractivity contribution is 0.559. The van der Waals surface area contributed by atoms with Crippen LogP contribution in [0.1, 0.15) is 18.1 Å². The first-order chi connectivity index (χ1) is 14.0. The highest BCUT2D eigenvalue weighted by atomic mass is 35.5. The molecule has 5 nitrogen and oxygen atoms in total. The Bertz CT molecular complexity index is 1270. The molecule has 4 aromatic rings. The number of benzene rings is 2. The summed E-state index contributed by atoms with van der Waals surface area (Å²) in [6.45, 7) is 2.01. The van der Waals surface area contributed by atoms with Crippen LogP contribution in [0.15, 0.2) is 56.8 Å². The van der Waals surface area contributed by atoms with Crippen LogP contribution < -0.4 is 5.63 Å². The molecule has 0 aliphatic carbocycles. The minimum absolute atomic E-state index is 0.382. The van der Waals surface area contributed by atoms with Gasteiger partial charge >= 0.3 is 5.63 Å². The molecule has 0 bridgehead atoms. The first-order valence-electron chi connectivity index (χ1n) is 9.00. The second kappa shape index (κ2) is 8.22. The van der Waals surface area contributed by atoms with Crippen molar-refractivity contribution in [1.29, 1.82) is 0 Å². The van der Waals surface area contributed by atoms with E-state index < -0.39 is 0 Å². The Morgan fingerprint density at radius 1 is 1.07 bits per heavy atom. The van der Waals surface area contributed by atoms with Crippen molar-refractivity contribution in [1.82, 2.24) is 14.8 Å². The van der Waals surface area contributed by atoms with Crippen LogP contribution in [0.25, 0.3) is 22.4 Å². The number of hydrogen-bond acceptors (Lipinski definition) is 5. The third kappa shape index (κ3) is 3.92. The molecule has 0 N–H and O–H groups in total. The fraction of sp³-hybridized carbons (Fsp3) is 0.190. The molecule has 0 spiro atoms. The molecule has 2 aromatic heterocycles. The molecule has 0 radical (unpaired) electrons. The fourth-order valence-electron chi connectivity index (χ4n) is 3.14. The summed E-state index contributed by atoms with van der Waals surface area (Å²) < 4.78 is 7.27. The summed E-state index contributed by atoms with van der Waals surface area (Å²) in [5.74, 6) is 1.21. The van der Waals surface area contributed by atoms with Crippen molar-refractivity contribution < 1.29 is 4.42 Å². The molecule has 0 aliphatic heterocycles. The Hall–Kier alpha value is -2.28. The van der Waals surface area contributed by atoms with Crippen molar-refractivity contribution >= 4 is 45.9 Å². The minimum atomic E-state index is -0.382. The van der Waals surface area contributed by atoms with Crippen molar-refractivity contribution in [2.75, 3.05) is 0 Å². The third-order valence-electron chi connectivity index (χ3n) is 4.68. The van der Waals surface area contributed by atoms with Gasteiger partial charge in [0.25, 0.3) is 0 Å². The minimum Gasteiger partial charge on any atom is -0.423 e. The van der Waals surface area contributed by atoms with Gasteiger partial charge in [0.2, 0.25) is 0 Å². The Morgan fingerprint density at radius 2 is 1.86 bits per heavy atom. The molecule has 0 saturated carbocycles. The van der Waals surface area contributed by atoms with E-state index >= 15 is 0 Å². The van der Waals surface area contributed by atoms with Crippen LogP contribution in [0, 0.1) is 0 Å². The average molecular weight is 446 g/mol. The molecular weight excluding hydrogens is 429 g/mol. The number of nitrogens with zero attached hydrogens (tertiary/aromatic N) is 3. The van der Waals surface area contributed by atoms with Crippen molar-refractivity contribution in [2.24, 2.45) is 7.05 Å². The van der Waals surface area contributed by atoms with E-state index in [-0.39, 0.29) is 5.63 Å². The van der Waals surface area contributed by atoms with Crippen LogP contribution in [0.2, 0.25) is 10.0 Å². The summed E-state index contributed by atoms with van der Waals surface area (Å²) >= 11 is 14.2. The molecule has 0 unspecified atom stereocenters. The lowest BCUT2D eigenvalue weighted by Gasteiger charge is -2.09. The molecule has 29 heavy (non-hydrogen) atoms. The van der Waals surface area contributed by atoms with Gasteiger partial charge in [0.15, 0.2) is 11.0 Å². The van der Waals surface area contributed by atoms with Crippen molar-refractivity contribution in [3.05, 3.63) is 74.1 Å². The molecule has 0 amide bonds. The topological polar surface area (TPSA) is 60.9 Å². The lowest BCUT2D eigenvalue weighted by Crippen LogP contribution is -2.01. The van der Waals surface area contributed by atoms with E-state index in [2.05, 4.69) is 10.2 Å². The first-order valence-corrected chi connectivity index (χ1v) is 10.7. The summed E-state index contributed by atoms with van der Waals surface area (Å²) in [5, 5.41) is 11.4. The second-order valence-corrected chi connectivity index (χ2v) is 8.27. The highest BCUT2D eigenvalue weighted by Gasteiger charge is 2.15. The van der Waals surface area contributed by atoms with E-state index in [0.29, 0.717) is 27.2 Å². The van der Waals surface area contributed by atoms with Crippen LogP contribution in [0.4, 0.5) is 0 Å². The Morgan fingerprint density at radius 3 is 2.62 bits per heavy atom. The van der Waals surface area contributed by atoms with Crippen molar-refractivity contribution in [2.45, 2.75) is 24.3 Å². The second-order valence-electron chi connectivity index (χ2n) is 6.52. The zero-order valence-corrected chi connectivity index (χ0v) is 18.1. The Labute approximate surface area is 181 Å². The van der Waals surface area contributed by atoms with Gasteiger partial charge < -0.3 is 8.98 Å². The van der Waals surface area contributed by atoms with E-state index in [1.807, 2.05) is 54.9 Å². The van der Waals surface area contributed by atoms with Crippen LogP contribution in [0.3, 0.4) is 0 Å². The number of hydrogen-bond donors (Lipinski definition) is 0. The average Bonchev–Trinajstić information content (AvgIpc) is 3.06. The largest absolute Gasteiger partial charge is 0.423 e. The predicted molar refractivity (Wildman–Crippen MR) is 118 cm³/mol. The van der Waals surface area contributed by atoms with Gasteiger partial charge in [-0.1, -0.05) is 54.0 Å². The van der Waals surface area contributed by atoms with E-state index in [1.54, 1.807) is 0 Å². The van der Waals surface area contributed by atoms with Crippen LogP contribution >= 0.6 is 35.0 Å². The molecule has 148 valence electrons. The number of thioether (sulfide) groups is 1. The van der Waals surface area contributed by atoms with Gasteiger partial charge in [-0.2, -0.15) is 0 Å². The van der Waals surface area contributed by atoms with E-state index in [1.165, 1.54) is 17.8 Å². The van der Waals surface area contributed by atoms with Crippen LogP contribution in [0.5, 0.6) is 0 Å². The zero-order valence-electron chi connectivity index (χ0n) is 15.8. The number of aryl methyl sites for hydroxylation is 1. The first kappa shape index (κ1) is 20.0. The summed E-state index contributed by atoms with van der Waals surface area (Å²) in [5.41, 5.74) is 2.77. The SMILES string of the molecule is CCc1cc2oc(=O)cc(CSc3nnc(-c4ccccc4Cl)n3C)c2cc1Cl. The van der Waals surface area contributed by atoms with Gasteiger partial charge in [0.05, 0.1) is 5.02 Å². The number of aromatic nitrogens is 3. The van der Waals surface area contributed by atoms with Gasteiger partial charge in [0.1, 0.15) is 5.58 Å². The molecule has 0 saturated heterocycles. The molecular formula is C21H17Cl2N3O2S. The quantitative estimate of drug-likeness (QED) is 0.289. The summed E-state index contributed by atoms with van der Waals surface area (Å²) in [6.07, 6.45) is 0.765. The van der Waals surface area contributed by atoms with Gasteiger partial charge in [-0.15, -0.1) is 10.2 Å². The summed E-state index contributed by atoms with van der Waals surface area (Å²) in [7, 11) is 1.89. The standard InChI is InChI=1S/C21H17Cl2N3O2S/c1-3-12-8-18-15(10-17(12)23)13(9-19(27)28-18)11-29-21-25-24-20(26(21)2)14-6-4-5-7-16(14)22/h4-10H,3,11H2,1-2H3. The molecule has 0 atom stereocenters. The van der Waals surface area contributed by atoms with Crippen LogP contribution in [-0.4, -0.2) is 14.8 Å². The van der Waals surface area contributed by atoms with Gasteiger partial charge in [-0.05, 0) is 41.8 Å². The number of halogens is 2. The predicted octanol–water partition coefficient (Wildman–Crippen LogP) is 5.75. The van der Waals surface area contributed by atoms with Crippen molar-refractivity contribution in [3.8, 4) is 11.4 Å². The van der Waals surface area contributed by atoms with Gasteiger partial charge in [-0.25, -0.2) is 4.79 Å². The fourth-order valence-corrected chi connectivity index (χ4v) is 4.56. The monoisotopic (exact) mass is 445 g/mol. The Balaban J connectivity index is 1.67. The summed E-state index contributed by atoms with van der Waals surface area (Å²) in [6, 6.07) is 12.7. The smallest absolute Gasteiger partial charge is 0.336 e. The van der Waals surface area contributed by atoms with E-state index in [0.717, 1.165) is 33.7 Å². The number of rotatable bonds is 5. The highest BCUT2D eigenvalue weighted by molar-refractivity contribution is 7.98. The Kier molecular flexibility index (Phi) is 5.67. The van der Waals surface area contributed by atoms with Gasteiger partial charge in [-0.3, -0.25) is 0 Å². The number of fused-ring (bicyclic) bond motifs is 1. The molecule has 8 heteroatoms. The maximum absolute atomic E-state index is 12.0. The van der Waals surface area contributed by atoms with E-state index in [9.17, 15) is 4.79 Å². The normalized spacial score (nSPS) is 11.3. The highest BCUT2D eigenvalue weighted by Crippen LogP contribution is 2.32. The maximum atomic E-state index is 12.0. The molecule has 0 fully saturated rings. The maximum Gasteiger partial charge on any atom is 0.336 e. The molecule has 4 rings (SSSR count). The third-order valence-corrected chi connectivity index (χ3v) is 6.44.